The van der Waals surface area contributed by atoms with Crippen molar-refractivity contribution in [2.24, 2.45) is 0 Å². The van der Waals surface area contributed by atoms with Gasteiger partial charge in [-0.3, -0.25) is 10.1 Å². The fraction of sp³-hybridized carbons (Fsp3) is 0.0909. The zero-order chi connectivity index (χ0) is 15.8. The zero-order valence-corrected chi connectivity index (χ0v) is 10.7. The maximum Gasteiger partial charge on any atom is 0.435 e. The van der Waals surface area contributed by atoms with E-state index in [4.69, 9.17) is 5.11 Å². The second kappa shape index (κ2) is 5.13. The minimum Gasteiger partial charge on any atom is -0.477 e. The third kappa shape index (κ3) is 2.99. The number of benzene rings is 1. The molecule has 0 aliphatic heterocycles. The summed E-state index contributed by atoms with van der Waals surface area (Å²) in [5.74, 6) is -1.75. The number of non-ortho nitro benzene ring substituents is 1. The Balaban J connectivity index is 2.58. The van der Waals surface area contributed by atoms with Crippen LogP contribution in [0.15, 0.2) is 24.3 Å². The van der Waals surface area contributed by atoms with Gasteiger partial charge in [0.15, 0.2) is 5.69 Å². The van der Waals surface area contributed by atoms with Crippen LogP contribution in [-0.4, -0.2) is 21.0 Å². The lowest BCUT2D eigenvalue weighted by Gasteiger charge is -2.02. The van der Waals surface area contributed by atoms with Gasteiger partial charge in [0.2, 0.25) is 0 Å². The van der Waals surface area contributed by atoms with E-state index >= 15 is 0 Å². The number of carboxylic acids is 1. The third-order valence-corrected chi connectivity index (χ3v) is 3.49. The summed E-state index contributed by atoms with van der Waals surface area (Å²) in [6, 6.07) is 4.80. The highest BCUT2D eigenvalue weighted by Gasteiger charge is 2.39. The first-order chi connectivity index (χ1) is 9.70. The molecule has 0 aliphatic rings. The van der Waals surface area contributed by atoms with E-state index in [1.54, 1.807) is 0 Å². The number of aromatic carboxylic acids is 1. The molecule has 1 N–H and O–H groups in total. The summed E-state index contributed by atoms with van der Waals surface area (Å²) in [7, 11) is 0. The Labute approximate surface area is 118 Å². The largest absolute Gasteiger partial charge is 0.477 e. The highest BCUT2D eigenvalue weighted by Crippen LogP contribution is 2.38. The van der Waals surface area contributed by atoms with E-state index in [0.29, 0.717) is 11.3 Å². The summed E-state index contributed by atoms with van der Waals surface area (Å²) < 4.78 is 38.2. The number of thiazole rings is 1. The maximum absolute atomic E-state index is 12.7. The molecule has 0 unspecified atom stereocenters. The van der Waals surface area contributed by atoms with Crippen LogP contribution >= 0.6 is 11.3 Å². The summed E-state index contributed by atoms with van der Waals surface area (Å²) in [5, 5.41) is 19.2. The van der Waals surface area contributed by atoms with E-state index in [0.717, 1.165) is 6.07 Å². The topological polar surface area (TPSA) is 93.3 Å². The maximum atomic E-state index is 12.7. The van der Waals surface area contributed by atoms with Gasteiger partial charge in [0, 0.05) is 17.7 Å². The number of rotatable bonds is 3. The standard InChI is InChI=1S/C11H5F3N2O4S/c12-11(13,14)8-7(10(17)18)21-9(15-8)5-2-1-3-6(4-5)16(19)20/h1-4H,(H,17,18). The normalized spacial score (nSPS) is 11.4. The molecule has 6 nitrogen and oxygen atoms in total. The van der Waals surface area contributed by atoms with Gasteiger partial charge in [-0.2, -0.15) is 13.2 Å². The first-order valence-corrected chi connectivity index (χ1v) is 6.08. The Bertz CT molecular complexity index is 726. The van der Waals surface area contributed by atoms with Crippen molar-refractivity contribution in [1.29, 1.82) is 0 Å². The molecule has 0 spiro atoms. The van der Waals surface area contributed by atoms with E-state index in [9.17, 15) is 28.1 Å². The van der Waals surface area contributed by atoms with Gasteiger partial charge in [0.25, 0.3) is 5.69 Å². The smallest absolute Gasteiger partial charge is 0.435 e. The fourth-order valence-corrected chi connectivity index (χ4v) is 2.45. The molecule has 0 saturated heterocycles. The van der Waals surface area contributed by atoms with Gasteiger partial charge in [0.05, 0.1) is 4.92 Å². The number of halogens is 3. The van der Waals surface area contributed by atoms with Gasteiger partial charge in [0.1, 0.15) is 9.88 Å². The lowest BCUT2D eigenvalue weighted by atomic mass is 10.2. The van der Waals surface area contributed by atoms with E-state index in [1.807, 2.05) is 0 Å². The molecule has 1 aromatic carbocycles. The number of hydrogen-bond acceptors (Lipinski definition) is 5. The average Bonchev–Trinajstić information content (AvgIpc) is 2.84. The molecule has 110 valence electrons. The molecule has 21 heavy (non-hydrogen) atoms. The van der Waals surface area contributed by atoms with Crippen molar-refractivity contribution in [1.82, 2.24) is 4.98 Å². The van der Waals surface area contributed by atoms with Crippen LogP contribution in [0, 0.1) is 10.1 Å². The Morgan fingerprint density at radius 2 is 2.05 bits per heavy atom. The van der Waals surface area contributed by atoms with Crippen LogP contribution in [0.4, 0.5) is 18.9 Å². The summed E-state index contributed by atoms with van der Waals surface area (Å²) in [5.41, 5.74) is -1.79. The second-order valence-electron chi connectivity index (χ2n) is 3.81. The molecule has 0 fully saturated rings. The highest BCUT2D eigenvalue weighted by molar-refractivity contribution is 7.17. The molecular weight excluding hydrogens is 313 g/mol. The fourth-order valence-electron chi connectivity index (χ4n) is 1.53. The summed E-state index contributed by atoms with van der Waals surface area (Å²) in [6.07, 6.45) is -4.91. The van der Waals surface area contributed by atoms with Gasteiger partial charge in [-0.25, -0.2) is 9.78 Å². The molecule has 0 aliphatic carbocycles. The van der Waals surface area contributed by atoms with Crippen molar-refractivity contribution in [3.8, 4) is 10.6 Å². The highest BCUT2D eigenvalue weighted by atomic mass is 32.1. The first-order valence-electron chi connectivity index (χ1n) is 5.26. The molecule has 1 heterocycles. The molecule has 0 radical (unpaired) electrons. The van der Waals surface area contributed by atoms with Gasteiger partial charge >= 0.3 is 12.1 Å². The van der Waals surface area contributed by atoms with Crippen LogP contribution in [0.25, 0.3) is 10.6 Å². The molecule has 0 saturated carbocycles. The average molecular weight is 318 g/mol. The Morgan fingerprint density at radius 1 is 1.38 bits per heavy atom. The van der Waals surface area contributed by atoms with Crippen LogP contribution in [0.1, 0.15) is 15.4 Å². The van der Waals surface area contributed by atoms with Crippen molar-refractivity contribution in [2.45, 2.75) is 6.18 Å². The number of hydrogen-bond donors (Lipinski definition) is 1. The summed E-state index contributed by atoms with van der Waals surface area (Å²) >= 11 is 0.315. The first kappa shape index (κ1) is 14.9. The molecule has 2 aromatic rings. The number of carbonyl (C=O) groups is 1. The van der Waals surface area contributed by atoms with Crippen LogP contribution < -0.4 is 0 Å². The van der Waals surface area contributed by atoms with Crippen LogP contribution in [0.2, 0.25) is 0 Å². The number of nitro groups is 1. The van der Waals surface area contributed by atoms with Gasteiger partial charge in [-0.05, 0) is 0 Å². The number of nitro benzene ring substituents is 1. The minimum absolute atomic E-state index is 0.0483. The summed E-state index contributed by atoms with van der Waals surface area (Å²) in [4.78, 5) is 23.1. The molecule has 1 aromatic heterocycles. The lowest BCUT2D eigenvalue weighted by molar-refractivity contribution is -0.384. The molecule has 0 amide bonds. The van der Waals surface area contributed by atoms with Crippen LogP contribution in [0.3, 0.4) is 0 Å². The third-order valence-electron chi connectivity index (χ3n) is 2.39. The predicted octanol–water partition coefficient (Wildman–Crippen LogP) is 3.44. The predicted molar refractivity (Wildman–Crippen MR) is 66.2 cm³/mol. The summed E-state index contributed by atoms with van der Waals surface area (Å²) in [6.45, 7) is 0. The molecule has 10 heteroatoms. The molecule has 2 rings (SSSR count). The minimum atomic E-state index is -4.91. The monoisotopic (exact) mass is 318 g/mol. The van der Waals surface area contributed by atoms with E-state index in [1.165, 1.54) is 18.2 Å². The van der Waals surface area contributed by atoms with E-state index < -0.39 is 27.6 Å². The number of carboxylic acid groups (broad SMARTS) is 1. The quantitative estimate of drug-likeness (QED) is 0.691. The van der Waals surface area contributed by atoms with Gasteiger partial charge in [-0.1, -0.05) is 12.1 Å². The van der Waals surface area contributed by atoms with Crippen molar-refractivity contribution >= 4 is 23.0 Å². The SMILES string of the molecule is O=C(O)c1sc(-c2cccc([N+](=O)[O-])c2)nc1C(F)(F)F. The number of alkyl halides is 3. The van der Waals surface area contributed by atoms with Gasteiger partial charge in [-0.15, -0.1) is 11.3 Å². The second-order valence-corrected chi connectivity index (χ2v) is 4.81. The van der Waals surface area contributed by atoms with E-state index in [2.05, 4.69) is 4.98 Å². The zero-order valence-electron chi connectivity index (χ0n) is 9.92. The number of nitrogens with zero attached hydrogens (tertiary/aromatic N) is 2. The Morgan fingerprint density at radius 3 is 2.52 bits per heavy atom. The van der Waals surface area contributed by atoms with E-state index in [-0.39, 0.29) is 16.3 Å². The molecule has 0 atom stereocenters. The van der Waals surface area contributed by atoms with Crippen LogP contribution in [-0.2, 0) is 6.18 Å². The van der Waals surface area contributed by atoms with Crippen molar-refractivity contribution < 1.29 is 28.0 Å². The Hall–Kier alpha value is -2.49. The van der Waals surface area contributed by atoms with Crippen molar-refractivity contribution in [3.05, 3.63) is 45.0 Å². The van der Waals surface area contributed by atoms with Crippen LogP contribution in [0.5, 0.6) is 0 Å². The Kier molecular flexibility index (Phi) is 3.64. The van der Waals surface area contributed by atoms with Gasteiger partial charge < -0.3 is 5.11 Å². The number of aromatic nitrogens is 1. The van der Waals surface area contributed by atoms with Crippen molar-refractivity contribution in [3.63, 3.8) is 0 Å². The van der Waals surface area contributed by atoms with Crippen molar-refractivity contribution in [2.75, 3.05) is 0 Å². The lowest BCUT2D eigenvalue weighted by Crippen LogP contribution is -2.11. The molecular formula is C11H5F3N2O4S. The molecule has 0 bridgehead atoms.